The molecule has 0 saturated heterocycles. The molecule has 114 valence electrons. The monoisotopic (exact) mass is 275 g/mol. The number of nitrogens with one attached hydrogen (secondary N) is 1. The summed E-state index contributed by atoms with van der Waals surface area (Å²) in [5, 5.41) is 3.75. The lowest BCUT2D eigenvalue weighted by atomic mass is 9.72. The van der Waals surface area contributed by atoms with E-state index in [1.807, 2.05) is 0 Å². The van der Waals surface area contributed by atoms with Gasteiger partial charge >= 0.3 is 0 Å². The van der Waals surface area contributed by atoms with Gasteiger partial charge in [0.1, 0.15) is 0 Å². The first kappa shape index (κ1) is 15.8. The Bertz CT molecular complexity index is 447. The van der Waals surface area contributed by atoms with Gasteiger partial charge in [-0.15, -0.1) is 0 Å². The third-order valence-corrected chi connectivity index (χ3v) is 5.92. The summed E-state index contributed by atoms with van der Waals surface area (Å²) < 4.78 is 0. The van der Waals surface area contributed by atoms with Crippen LogP contribution in [0, 0.1) is 23.7 Å². The number of allylic oxidation sites excluding steroid dienone is 4. The highest BCUT2D eigenvalue weighted by atomic mass is 14.9. The molecule has 0 aliphatic heterocycles. The average molecular weight is 275 g/mol. The van der Waals surface area contributed by atoms with E-state index in [4.69, 9.17) is 0 Å². The quantitative estimate of drug-likeness (QED) is 0.752. The number of rotatable bonds is 2. The van der Waals surface area contributed by atoms with Crippen molar-refractivity contribution < 1.29 is 0 Å². The Labute approximate surface area is 125 Å². The van der Waals surface area contributed by atoms with E-state index in [-0.39, 0.29) is 5.54 Å². The van der Waals surface area contributed by atoms with E-state index in [9.17, 15) is 0 Å². The molecular formula is C19H33N. The van der Waals surface area contributed by atoms with Crippen LogP contribution in [0.5, 0.6) is 0 Å². The van der Waals surface area contributed by atoms with Crippen molar-refractivity contribution in [1.29, 1.82) is 0 Å². The molecule has 0 spiro atoms. The van der Waals surface area contributed by atoms with Crippen molar-refractivity contribution >= 4 is 0 Å². The van der Waals surface area contributed by atoms with E-state index in [1.54, 1.807) is 22.3 Å². The maximum absolute atomic E-state index is 3.75. The van der Waals surface area contributed by atoms with E-state index in [0.29, 0.717) is 0 Å². The number of hydrogen-bond donors (Lipinski definition) is 1. The lowest BCUT2D eigenvalue weighted by Crippen LogP contribution is -2.41. The van der Waals surface area contributed by atoms with Gasteiger partial charge in [-0.1, -0.05) is 18.1 Å². The van der Waals surface area contributed by atoms with E-state index >= 15 is 0 Å². The van der Waals surface area contributed by atoms with Crippen molar-refractivity contribution in [3.8, 4) is 0 Å². The van der Waals surface area contributed by atoms with Gasteiger partial charge in [0.25, 0.3) is 0 Å². The molecule has 0 aromatic rings. The number of fused-ring (bicyclic) bond motifs is 1. The fourth-order valence-corrected chi connectivity index (χ4v) is 4.32. The summed E-state index contributed by atoms with van der Waals surface area (Å²) in [5.41, 5.74) is 6.64. The Morgan fingerprint density at radius 2 is 1.55 bits per heavy atom. The van der Waals surface area contributed by atoms with Crippen LogP contribution < -0.4 is 5.32 Å². The molecule has 0 bridgehead atoms. The molecule has 2 aliphatic carbocycles. The maximum Gasteiger partial charge on any atom is 0.00966 e. The van der Waals surface area contributed by atoms with Crippen LogP contribution in [0.4, 0.5) is 0 Å². The zero-order valence-corrected chi connectivity index (χ0v) is 14.7. The lowest BCUT2D eigenvalue weighted by molar-refractivity contribution is 0.287. The molecule has 4 atom stereocenters. The van der Waals surface area contributed by atoms with Crippen LogP contribution >= 0.6 is 0 Å². The Balaban J connectivity index is 2.26. The van der Waals surface area contributed by atoms with Gasteiger partial charge in [0, 0.05) is 5.54 Å². The van der Waals surface area contributed by atoms with E-state index in [0.717, 1.165) is 30.2 Å². The van der Waals surface area contributed by atoms with Gasteiger partial charge in [-0.2, -0.15) is 0 Å². The molecule has 0 radical (unpaired) electrons. The van der Waals surface area contributed by atoms with Crippen LogP contribution in [0.3, 0.4) is 0 Å². The first-order valence-corrected chi connectivity index (χ1v) is 8.23. The van der Waals surface area contributed by atoms with Gasteiger partial charge < -0.3 is 5.32 Å². The predicted molar refractivity (Wildman–Crippen MR) is 88.8 cm³/mol. The third-order valence-electron chi connectivity index (χ3n) is 5.92. The van der Waals surface area contributed by atoms with Crippen molar-refractivity contribution in [3.05, 3.63) is 22.3 Å². The van der Waals surface area contributed by atoms with Gasteiger partial charge in [0.05, 0.1) is 0 Å². The van der Waals surface area contributed by atoms with Crippen molar-refractivity contribution in [2.24, 2.45) is 23.7 Å². The Hall–Kier alpha value is -0.560. The number of hydrogen-bond acceptors (Lipinski definition) is 1. The van der Waals surface area contributed by atoms with Crippen LogP contribution in [0.1, 0.15) is 61.8 Å². The molecule has 1 N–H and O–H groups in total. The van der Waals surface area contributed by atoms with Crippen LogP contribution in [-0.2, 0) is 0 Å². The molecule has 0 amide bonds. The normalized spacial score (nSPS) is 34.8. The van der Waals surface area contributed by atoms with Gasteiger partial charge in [-0.25, -0.2) is 0 Å². The SMILES string of the molecule is CC1=C(C)C2CC(C)C(CNC(C)(C)C)C2C(C)=C1C. The van der Waals surface area contributed by atoms with Gasteiger partial charge in [-0.3, -0.25) is 0 Å². The van der Waals surface area contributed by atoms with Crippen molar-refractivity contribution in [2.75, 3.05) is 6.54 Å². The minimum Gasteiger partial charge on any atom is -0.312 e. The first-order chi connectivity index (χ1) is 9.13. The Morgan fingerprint density at radius 1 is 1.00 bits per heavy atom. The second-order valence-corrected chi connectivity index (χ2v) is 8.26. The molecule has 1 nitrogen and oxygen atoms in total. The van der Waals surface area contributed by atoms with Crippen molar-refractivity contribution in [1.82, 2.24) is 5.32 Å². The molecule has 0 heterocycles. The summed E-state index contributed by atoms with van der Waals surface area (Å²) in [5.74, 6) is 3.17. The second kappa shape index (κ2) is 5.33. The predicted octanol–water partition coefficient (Wildman–Crippen LogP) is 4.95. The molecule has 20 heavy (non-hydrogen) atoms. The average Bonchev–Trinajstić information content (AvgIpc) is 2.67. The minimum atomic E-state index is 0.222. The molecule has 1 heteroatoms. The van der Waals surface area contributed by atoms with Crippen molar-refractivity contribution in [3.63, 3.8) is 0 Å². The summed E-state index contributed by atoms with van der Waals surface area (Å²) in [6.07, 6.45) is 1.37. The smallest absolute Gasteiger partial charge is 0.00966 e. The van der Waals surface area contributed by atoms with Crippen LogP contribution in [0.15, 0.2) is 22.3 Å². The summed E-state index contributed by atoms with van der Waals surface area (Å²) in [6, 6.07) is 0. The third kappa shape index (κ3) is 2.74. The molecule has 1 saturated carbocycles. The van der Waals surface area contributed by atoms with Gasteiger partial charge in [0.15, 0.2) is 0 Å². The highest BCUT2D eigenvalue weighted by Gasteiger charge is 2.44. The van der Waals surface area contributed by atoms with Crippen LogP contribution in [0.2, 0.25) is 0 Å². The van der Waals surface area contributed by atoms with E-state index in [1.165, 1.54) is 6.42 Å². The van der Waals surface area contributed by atoms with Crippen molar-refractivity contribution in [2.45, 2.75) is 67.3 Å². The molecule has 0 aromatic heterocycles. The molecule has 4 unspecified atom stereocenters. The molecule has 2 aliphatic rings. The second-order valence-electron chi connectivity index (χ2n) is 8.26. The Morgan fingerprint density at radius 3 is 2.10 bits per heavy atom. The highest BCUT2D eigenvalue weighted by Crippen LogP contribution is 2.52. The minimum absolute atomic E-state index is 0.222. The fraction of sp³-hybridized carbons (Fsp3) is 0.789. The van der Waals surface area contributed by atoms with Gasteiger partial charge in [0.2, 0.25) is 0 Å². The molecule has 0 aromatic carbocycles. The van der Waals surface area contributed by atoms with Gasteiger partial charge in [-0.05, 0) is 96.2 Å². The molecule has 1 fully saturated rings. The lowest BCUT2D eigenvalue weighted by Gasteiger charge is -2.35. The molecule has 2 rings (SSSR count). The first-order valence-electron chi connectivity index (χ1n) is 8.23. The van der Waals surface area contributed by atoms with E-state index in [2.05, 4.69) is 60.7 Å². The summed E-state index contributed by atoms with van der Waals surface area (Å²) in [6.45, 7) is 19.8. The maximum atomic E-state index is 3.75. The molecular weight excluding hydrogens is 242 g/mol. The largest absolute Gasteiger partial charge is 0.312 e. The zero-order valence-electron chi connectivity index (χ0n) is 14.7. The van der Waals surface area contributed by atoms with Crippen LogP contribution in [-0.4, -0.2) is 12.1 Å². The zero-order chi connectivity index (χ0) is 15.2. The van der Waals surface area contributed by atoms with E-state index < -0.39 is 0 Å². The summed E-state index contributed by atoms with van der Waals surface area (Å²) in [7, 11) is 0. The standard InChI is InChI=1S/C19H33N/c1-11-9-16-14(4)12(2)13(3)15(5)18(16)17(11)10-20-19(6,7)8/h11,16-18,20H,9-10H2,1-8H3. The highest BCUT2D eigenvalue weighted by molar-refractivity contribution is 5.43. The van der Waals surface area contributed by atoms with Crippen LogP contribution in [0.25, 0.3) is 0 Å². The summed E-state index contributed by atoms with van der Waals surface area (Å²) >= 11 is 0. The summed E-state index contributed by atoms with van der Waals surface area (Å²) in [4.78, 5) is 0. The topological polar surface area (TPSA) is 12.0 Å². The Kier molecular flexibility index (Phi) is 4.22. The fourth-order valence-electron chi connectivity index (χ4n) is 4.32.